The van der Waals surface area contributed by atoms with Crippen LogP contribution in [0.25, 0.3) is 0 Å². The van der Waals surface area contributed by atoms with Gasteiger partial charge < -0.3 is 14.8 Å². The molecule has 1 saturated heterocycles. The number of aryl methyl sites for hydroxylation is 2. The van der Waals surface area contributed by atoms with Crippen molar-refractivity contribution >= 4 is 29.9 Å². The van der Waals surface area contributed by atoms with Gasteiger partial charge in [0.2, 0.25) is 0 Å². The summed E-state index contributed by atoms with van der Waals surface area (Å²) in [6.45, 7) is 9.65. The number of aromatic nitrogens is 2. The number of hydrogen-bond donors (Lipinski definition) is 1. The Kier molecular flexibility index (Phi) is 7.84. The van der Waals surface area contributed by atoms with E-state index in [4.69, 9.17) is 9.98 Å². The number of aliphatic imine (C=N–C) groups is 1. The molecule has 24 heavy (non-hydrogen) atoms. The third-order valence-corrected chi connectivity index (χ3v) is 5.01. The van der Waals surface area contributed by atoms with E-state index in [0.29, 0.717) is 0 Å². The maximum atomic E-state index is 4.85. The highest BCUT2D eigenvalue weighted by Gasteiger charge is 2.18. The molecule has 0 amide bonds. The first-order chi connectivity index (χ1) is 11.3. The van der Waals surface area contributed by atoms with Gasteiger partial charge in [0, 0.05) is 51.8 Å². The number of fused-ring (bicyclic) bond motifs is 1. The van der Waals surface area contributed by atoms with Gasteiger partial charge in [0.25, 0.3) is 0 Å². The van der Waals surface area contributed by atoms with E-state index in [9.17, 15) is 0 Å². The van der Waals surface area contributed by atoms with Crippen molar-refractivity contribution in [2.75, 3.05) is 26.2 Å². The number of hydrogen-bond acceptors (Lipinski definition) is 2. The van der Waals surface area contributed by atoms with E-state index < -0.39 is 0 Å². The molecule has 1 N–H and O–H groups in total. The molecule has 0 aromatic carbocycles. The monoisotopic (exact) mass is 445 g/mol. The molecule has 0 unspecified atom stereocenters. The summed E-state index contributed by atoms with van der Waals surface area (Å²) >= 11 is 0. The Balaban J connectivity index is 0.00000208. The predicted octanol–water partition coefficient (Wildman–Crippen LogP) is 3.08. The fourth-order valence-electron chi connectivity index (χ4n) is 3.51. The summed E-state index contributed by atoms with van der Waals surface area (Å²) in [6.07, 6.45) is 9.44. The van der Waals surface area contributed by atoms with Crippen LogP contribution in [0.1, 0.15) is 51.0 Å². The second-order valence-corrected chi connectivity index (χ2v) is 6.95. The summed E-state index contributed by atoms with van der Waals surface area (Å²) in [6, 6.07) is 0. The second-order valence-electron chi connectivity index (χ2n) is 6.95. The van der Waals surface area contributed by atoms with Crippen LogP contribution in [-0.2, 0) is 19.4 Å². The van der Waals surface area contributed by atoms with Crippen molar-refractivity contribution in [3.63, 3.8) is 0 Å². The zero-order chi connectivity index (χ0) is 16.1. The highest BCUT2D eigenvalue weighted by atomic mass is 127. The average molecular weight is 445 g/mol. The SMILES string of the molecule is CCNC(=NCCc1cn2c(n1)CCCC2)N1CCC(C)CC1.I. The lowest BCUT2D eigenvalue weighted by Gasteiger charge is -2.33. The molecule has 1 aromatic rings. The number of nitrogens with one attached hydrogen (secondary N) is 1. The van der Waals surface area contributed by atoms with E-state index in [0.717, 1.165) is 57.4 Å². The van der Waals surface area contributed by atoms with Gasteiger partial charge in [0.05, 0.1) is 5.69 Å². The van der Waals surface area contributed by atoms with Crippen molar-refractivity contribution < 1.29 is 0 Å². The lowest BCUT2D eigenvalue weighted by atomic mass is 10.00. The van der Waals surface area contributed by atoms with Crippen LogP contribution in [-0.4, -0.2) is 46.6 Å². The average Bonchev–Trinajstić information content (AvgIpc) is 2.97. The first-order valence-electron chi connectivity index (χ1n) is 9.34. The maximum absolute atomic E-state index is 4.85. The minimum Gasteiger partial charge on any atom is -0.357 e. The van der Waals surface area contributed by atoms with Crippen LogP contribution in [0.5, 0.6) is 0 Å². The standard InChI is InChI=1S/C18H31N5.HI/c1-3-19-18(22-12-8-15(2)9-13-22)20-10-7-16-14-23-11-5-4-6-17(23)21-16;/h14-15H,3-13H2,1-2H3,(H,19,20);1H. The van der Waals surface area contributed by atoms with E-state index in [1.165, 1.54) is 37.2 Å². The van der Waals surface area contributed by atoms with Crippen LogP contribution >= 0.6 is 24.0 Å². The molecule has 136 valence electrons. The maximum Gasteiger partial charge on any atom is 0.193 e. The Bertz CT molecular complexity index is 508. The molecule has 6 heteroatoms. The summed E-state index contributed by atoms with van der Waals surface area (Å²) in [4.78, 5) is 12.0. The molecule has 3 rings (SSSR count). The molecule has 2 aliphatic rings. The van der Waals surface area contributed by atoms with Gasteiger partial charge in [-0.1, -0.05) is 6.92 Å². The van der Waals surface area contributed by atoms with Crippen LogP contribution < -0.4 is 5.32 Å². The van der Waals surface area contributed by atoms with E-state index in [1.807, 2.05) is 0 Å². The Morgan fingerprint density at radius 2 is 2.08 bits per heavy atom. The van der Waals surface area contributed by atoms with Crippen LogP contribution in [0, 0.1) is 5.92 Å². The molecule has 0 spiro atoms. The number of likely N-dealkylation sites (tertiary alicyclic amines) is 1. The Hall–Kier alpha value is -0.790. The van der Waals surface area contributed by atoms with Gasteiger partial charge in [-0.05, 0) is 38.5 Å². The van der Waals surface area contributed by atoms with E-state index in [1.54, 1.807) is 0 Å². The molecule has 3 heterocycles. The Morgan fingerprint density at radius 1 is 1.29 bits per heavy atom. The van der Waals surface area contributed by atoms with Crippen LogP contribution in [0.4, 0.5) is 0 Å². The summed E-state index contributed by atoms with van der Waals surface area (Å²) in [7, 11) is 0. The molecule has 1 fully saturated rings. The normalized spacial score (nSPS) is 18.9. The number of halogens is 1. The van der Waals surface area contributed by atoms with Gasteiger partial charge in [-0.15, -0.1) is 24.0 Å². The topological polar surface area (TPSA) is 45.5 Å². The van der Waals surface area contributed by atoms with Crippen LogP contribution in [0.15, 0.2) is 11.2 Å². The number of piperidine rings is 1. The zero-order valence-corrected chi connectivity index (χ0v) is 17.5. The number of imidazole rings is 1. The van der Waals surface area contributed by atoms with Gasteiger partial charge in [-0.3, -0.25) is 4.99 Å². The van der Waals surface area contributed by atoms with Gasteiger partial charge in [0.1, 0.15) is 5.82 Å². The van der Waals surface area contributed by atoms with Gasteiger partial charge in [-0.25, -0.2) is 4.98 Å². The zero-order valence-electron chi connectivity index (χ0n) is 15.1. The first kappa shape index (κ1) is 19.5. The van der Waals surface area contributed by atoms with E-state index >= 15 is 0 Å². The molecule has 1 aromatic heterocycles. The summed E-state index contributed by atoms with van der Waals surface area (Å²) in [5.41, 5.74) is 1.20. The minimum atomic E-state index is 0. The van der Waals surface area contributed by atoms with Gasteiger partial charge >= 0.3 is 0 Å². The third-order valence-electron chi connectivity index (χ3n) is 5.01. The molecule has 5 nitrogen and oxygen atoms in total. The van der Waals surface area contributed by atoms with Crippen molar-refractivity contribution in [2.45, 2.75) is 58.9 Å². The number of guanidine groups is 1. The van der Waals surface area contributed by atoms with Crippen molar-refractivity contribution in [2.24, 2.45) is 10.9 Å². The van der Waals surface area contributed by atoms with Gasteiger partial charge in [-0.2, -0.15) is 0 Å². The number of rotatable bonds is 4. The second kappa shape index (κ2) is 9.63. The molecular formula is C18H32IN5. The Morgan fingerprint density at radius 3 is 2.79 bits per heavy atom. The molecule has 0 atom stereocenters. The quantitative estimate of drug-likeness (QED) is 0.440. The molecule has 0 radical (unpaired) electrons. The summed E-state index contributed by atoms with van der Waals surface area (Å²) < 4.78 is 2.33. The van der Waals surface area contributed by atoms with Crippen LogP contribution in [0.3, 0.4) is 0 Å². The molecular weight excluding hydrogens is 413 g/mol. The highest BCUT2D eigenvalue weighted by molar-refractivity contribution is 14.0. The van der Waals surface area contributed by atoms with Crippen molar-refractivity contribution in [1.29, 1.82) is 0 Å². The number of nitrogens with zero attached hydrogens (tertiary/aromatic N) is 4. The van der Waals surface area contributed by atoms with Gasteiger partial charge in [0.15, 0.2) is 5.96 Å². The lowest BCUT2D eigenvalue weighted by molar-refractivity contribution is 0.273. The molecule has 0 bridgehead atoms. The smallest absolute Gasteiger partial charge is 0.193 e. The first-order valence-corrected chi connectivity index (χ1v) is 9.34. The fourth-order valence-corrected chi connectivity index (χ4v) is 3.51. The van der Waals surface area contributed by atoms with Crippen molar-refractivity contribution in [3.05, 3.63) is 17.7 Å². The largest absolute Gasteiger partial charge is 0.357 e. The van der Waals surface area contributed by atoms with E-state index in [2.05, 4.69) is 34.8 Å². The summed E-state index contributed by atoms with van der Waals surface area (Å²) in [5, 5.41) is 3.45. The Labute approximate surface area is 163 Å². The van der Waals surface area contributed by atoms with Crippen molar-refractivity contribution in [1.82, 2.24) is 19.8 Å². The fraction of sp³-hybridized carbons (Fsp3) is 0.778. The van der Waals surface area contributed by atoms with E-state index in [-0.39, 0.29) is 24.0 Å². The lowest BCUT2D eigenvalue weighted by Crippen LogP contribution is -2.45. The third kappa shape index (κ3) is 5.10. The molecule has 2 aliphatic heterocycles. The van der Waals surface area contributed by atoms with Crippen molar-refractivity contribution in [3.8, 4) is 0 Å². The molecule has 0 saturated carbocycles. The predicted molar refractivity (Wildman–Crippen MR) is 110 cm³/mol. The van der Waals surface area contributed by atoms with Crippen LogP contribution in [0.2, 0.25) is 0 Å². The molecule has 0 aliphatic carbocycles. The highest BCUT2D eigenvalue weighted by Crippen LogP contribution is 2.16. The minimum absolute atomic E-state index is 0. The summed E-state index contributed by atoms with van der Waals surface area (Å²) in [5.74, 6) is 3.21.